The van der Waals surface area contributed by atoms with Crippen LogP contribution in [-0.2, 0) is 9.53 Å². The summed E-state index contributed by atoms with van der Waals surface area (Å²) in [7, 11) is 1.49. The number of methoxy groups -OCH3 is 1. The van der Waals surface area contributed by atoms with Crippen molar-refractivity contribution in [3.8, 4) is 17.6 Å². The van der Waals surface area contributed by atoms with Gasteiger partial charge in [-0.2, -0.15) is 5.26 Å². The monoisotopic (exact) mass is 379 g/mol. The van der Waals surface area contributed by atoms with Crippen molar-refractivity contribution in [3.63, 3.8) is 0 Å². The molecule has 0 spiro atoms. The number of aromatic nitrogens is 2. The number of aliphatic hydroxyl groups is 1. The minimum Gasteiger partial charge on any atom is -0.507 e. The van der Waals surface area contributed by atoms with Crippen molar-refractivity contribution in [2.24, 2.45) is 0 Å². The first-order chi connectivity index (χ1) is 13.6. The number of nitrogens with one attached hydrogen (secondary N) is 1. The molecule has 0 fully saturated rings. The number of allylic oxidation sites excluding steroid dienone is 1. The number of fused-ring (bicyclic) bond motifs is 1. The largest absolute Gasteiger partial charge is 0.507 e. The lowest BCUT2D eigenvalue weighted by molar-refractivity contribution is -0.145. The minimum atomic E-state index is -0.709. The molecule has 0 atom stereocenters. The van der Waals surface area contributed by atoms with Gasteiger partial charge in [0.2, 0.25) is 0 Å². The molecule has 0 aliphatic rings. The Kier molecular flexibility index (Phi) is 5.77. The lowest BCUT2D eigenvalue weighted by Gasteiger charge is -2.10. The Hall–Kier alpha value is -3.99. The highest BCUT2D eigenvalue weighted by molar-refractivity contribution is 5.83. The molecule has 1 aromatic heterocycles. The van der Waals surface area contributed by atoms with Crippen molar-refractivity contribution in [1.82, 2.24) is 9.97 Å². The van der Waals surface area contributed by atoms with Gasteiger partial charge < -0.3 is 24.3 Å². The number of rotatable bonds is 7. The van der Waals surface area contributed by atoms with Gasteiger partial charge in [0, 0.05) is 0 Å². The Bertz CT molecular complexity index is 1030. The number of aliphatic hydroxyl groups excluding tert-OH is 1. The first-order valence-electron chi connectivity index (χ1n) is 8.31. The maximum Gasteiger partial charge on any atom is 0.344 e. The van der Waals surface area contributed by atoms with Crippen LogP contribution in [0.15, 0.2) is 54.3 Å². The van der Waals surface area contributed by atoms with Crippen LogP contribution >= 0.6 is 0 Å². The molecule has 0 radical (unpaired) electrons. The third kappa shape index (κ3) is 4.22. The molecule has 2 aromatic carbocycles. The van der Waals surface area contributed by atoms with E-state index in [1.807, 2.05) is 18.2 Å². The number of carbonyl (C=O) groups is 1. The van der Waals surface area contributed by atoms with Crippen molar-refractivity contribution in [1.29, 1.82) is 5.26 Å². The molecule has 3 aromatic rings. The van der Waals surface area contributed by atoms with E-state index in [4.69, 9.17) is 14.2 Å². The van der Waals surface area contributed by atoms with Gasteiger partial charge in [0.25, 0.3) is 0 Å². The van der Waals surface area contributed by atoms with Gasteiger partial charge >= 0.3 is 5.97 Å². The fourth-order valence-corrected chi connectivity index (χ4v) is 2.46. The zero-order valence-electron chi connectivity index (χ0n) is 15.0. The zero-order valence-corrected chi connectivity index (χ0v) is 15.0. The molecular formula is C20H17N3O5. The minimum absolute atomic E-state index is 0.102. The van der Waals surface area contributed by atoms with Crippen molar-refractivity contribution in [2.75, 3.05) is 20.3 Å². The highest BCUT2D eigenvalue weighted by atomic mass is 16.6. The topological polar surface area (TPSA) is 117 Å². The number of benzene rings is 2. The van der Waals surface area contributed by atoms with Crippen LogP contribution in [0.25, 0.3) is 16.6 Å². The molecule has 0 unspecified atom stereocenters. The molecule has 0 saturated carbocycles. The van der Waals surface area contributed by atoms with E-state index in [-0.39, 0.29) is 18.0 Å². The Balaban J connectivity index is 1.63. The average Bonchev–Trinajstić information content (AvgIpc) is 3.15. The van der Waals surface area contributed by atoms with E-state index in [2.05, 4.69) is 9.97 Å². The summed E-state index contributed by atoms with van der Waals surface area (Å²) < 4.78 is 15.4. The summed E-state index contributed by atoms with van der Waals surface area (Å²) >= 11 is 0. The van der Waals surface area contributed by atoms with Crippen LogP contribution in [-0.4, -0.2) is 41.4 Å². The van der Waals surface area contributed by atoms with Crippen LogP contribution in [0.2, 0.25) is 0 Å². The Morgan fingerprint density at radius 1 is 1.14 bits per heavy atom. The lowest BCUT2D eigenvalue weighted by Crippen LogP contribution is -2.17. The predicted molar refractivity (Wildman–Crippen MR) is 101 cm³/mol. The van der Waals surface area contributed by atoms with E-state index in [0.29, 0.717) is 17.0 Å². The SMILES string of the molecule is COc1ccccc1OCC(=O)OCC(O)=C(C#N)c1nc2ccccc2[nH]1. The quantitative estimate of drug-likeness (QED) is 0.368. The van der Waals surface area contributed by atoms with Crippen molar-refractivity contribution in [2.45, 2.75) is 0 Å². The van der Waals surface area contributed by atoms with Crippen LogP contribution in [0.4, 0.5) is 0 Å². The second-order valence-corrected chi connectivity index (χ2v) is 5.64. The smallest absolute Gasteiger partial charge is 0.344 e. The summed E-state index contributed by atoms with van der Waals surface area (Å²) in [5.41, 5.74) is 1.27. The maximum atomic E-state index is 11.9. The number of H-pyrrole nitrogens is 1. The number of aromatic amines is 1. The molecule has 0 saturated heterocycles. The number of ether oxygens (including phenoxy) is 3. The lowest BCUT2D eigenvalue weighted by atomic mass is 10.2. The number of para-hydroxylation sites is 4. The number of hydrogen-bond donors (Lipinski definition) is 2. The van der Waals surface area contributed by atoms with E-state index in [1.165, 1.54) is 7.11 Å². The Labute approximate surface area is 160 Å². The number of nitriles is 1. The van der Waals surface area contributed by atoms with Crippen molar-refractivity contribution >= 4 is 22.6 Å². The van der Waals surface area contributed by atoms with E-state index in [9.17, 15) is 15.2 Å². The van der Waals surface area contributed by atoms with Crippen LogP contribution < -0.4 is 9.47 Å². The van der Waals surface area contributed by atoms with Crippen LogP contribution in [0, 0.1) is 11.3 Å². The van der Waals surface area contributed by atoms with Gasteiger partial charge in [-0.3, -0.25) is 0 Å². The van der Waals surface area contributed by atoms with Gasteiger partial charge in [-0.25, -0.2) is 9.78 Å². The second kappa shape index (κ2) is 8.60. The molecule has 142 valence electrons. The predicted octanol–water partition coefficient (Wildman–Crippen LogP) is 2.99. The third-order valence-electron chi connectivity index (χ3n) is 3.81. The summed E-state index contributed by atoms with van der Waals surface area (Å²) in [6.45, 7) is -0.853. The summed E-state index contributed by atoms with van der Waals surface area (Å²) in [5, 5.41) is 19.5. The fourth-order valence-electron chi connectivity index (χ4n) is 2.46. The highest BCUT2D eigenvalue weighted by Gasteiger charge is 2.15. The first kappa shape index (κ1) is 18.8. The summed E-state index contributed by atoms with van der Waals surface area (Å²) in [6.07, 6.45) is 0. The number of carbonyl (C=O) groups excluding carboxylic acids is 1. The van der Waals surface area contributed by atoms with E-state index < -0.39 is 18.3 Å². The van der Waals surface area contributed by atoms with Gasteiger partial charge in [-0.05, 0) is 24.3 Å². The van der Waals surface area contributed by atoms with Gasteiger partial charge in [0.1, 0.15) is 18.2 Å². The Morgan fingerprint density at radius 3 is 2.57 bits per heavy atom. The van der Waals surface area contributed by atoms with Gasteiger partial charge in [0.05, 0.1) is 18.1 Å². The summed E-state index contributed by atoms with van der Waals surface area (Å²) in [4.78, 5) is 19.1. The number of nitrogens with zero attached hydrogens (tertiary/aromatic N) is 2. The highest BCUT2D eigenvalue weighted by Crippen LogP contribution is 2.25. The summed E-state index contributed by atoms with van der Waals surface area (Å²) in [5.74, 6) is -0.0505. The van der Waals surface area contributed by atoms with Gasteiger partial charge in [-0.15, -0.1) is 0 Å². The normalized spacial score (nSPS) is 11.4. The fraction of sp³-hybridized carbons (Fsp3) is 0.150. The molecule has 0 aliphatic carbocycles. The van der Waals surface area contributed by atoms with Crippen LogP contribution in [0.1, 0.15) is 5.82 Å². The Morgan fingerprint density at radius 2 is 1.86 bits per heavy atom. The molecule has 8 heteroatoms. The standard InChI is InChI=1S/C20H17N3O5/c1-26-17-8-4-5-9-18(17)27-12-19(25)28-11-16(24)13(10-21)20-22-14-6-2-3-7-15(14)23-20/h2-9,24H,11-12H2,1H3,(H,22,23). The average molecular weight is 379 g/mol. The van der Waals surface area contributed by atoms with E-state index in [0.717, 1.165) is 5.52 Å². The van der Waals surface area contributed by atoms with Gasteiger partial charge in [-0.1, -0.05) is 24.3 Å². The maximum absolute atomic E-state index is 11.9. The molecule has 2 N–H and O–H groups in total. The summed E-state index contributed by atoms with van der Waals surface area (Å²) in [6, 6.07) is 15.9. The molecule has 28 heavy (non-hydrogen) atoms. The third-order valence-corrected chi connectivity index (χ3v) is 3.81. The molecule has 1 heterocycles. The number of hydrogen-bond acceptors (Lipinski definition) is 7. The molecule has 0 bridgehead atoms. The number of esters is 1. The van der Waals surface area contributed by atoms with E-state index >= 15 is 0 Å². The van der Waals surface area contributed by atoms with Crippen molar-refractivity contribution in [3.05, 3.63) is 60.1 Å². The molecule has 8 nitrogen and oxygen atoms in total. The molecular weight excluding hydrogens is 362 g/mol. The van der Waals surface area contributed by atoms with Crippen molar-refractivity contribution < 1.29 is 24.1 Å². The molecule has 3 rings (SSSR count). The van der Waals surface area contributed by atoms with E-state index in [1.54, 1.807) is 36.4 Å². The molecule has 0 aliphatic heterocycles. The van der Waals surface area contributed by atoms with Crippen LogP contribution in [0.5, 0.6) is 11.5 Å². The number of imidazole rings is 1. The second-order valence-electron chi connectivity index (χ2n) is 5.64. The first-order valence-corrected chi connectivity index (χ1v) is 8.31. The van der Waals surface area contributed by atoms with Gasteiger partial charge in [0.15, 0.2) is 29.7 Å². The molecule has 0 amide bonds. The zero-order chi connectivity index (χ0) is 19.9. The van der Waals surface area contributed by atoms with Crippen LogP contribution in [0.3, 0.4) is 0 Å².